The first-order chi connectivity index (χ1) is 13.2. The number of hydrogen-bond acceptors (Lipinski definition) is 5. The van der Waals surface area contributed by atoms with Gasteiger partial charge in [-0.15, -0.1) is 0 Å². The molecule has 1 saturated heterocycles. The summed E-state index contributed by atoms with van der Waals surface area (Å²) >= 11 is 0. The SMILES string of the molecule is CC(C)C[C@H](NC(=O)[C@H]1CC(=O)N(c2ccc(F)cc2)C1)C(=O)NCC(=O)[O-]. The third-order valence-corrected chi connectivity index (χ3v) is 4.38. The van der Waals surface area contributed by atoms with E-state index in [-0.39, 0.29) is 24.8 Å². The number of aliphatic carboxylic acids is 1. The number of carbonyl (C=O) groups is 4. The largest absolute Gasteiger partial charge is 0.548 e. The minimum Gasteiger partial charge on any atom is -0.548 e. The number of anilines is 1. The fourth-order valence-corrected chi connectivity index (χ4v) is 3.03. The van der Waals surface area contributed by atoms with Crippen molar-refractivity contribution in [2.75, 3.05) is 18.0 Å². The lowest BCUT2D eigenvalue weighted by Crippen LogP contribution is -2.51. The van der Waals surface area contributed by atoms with Crippen LogP contribution in [0.5, 0.6) is 0 Å². The van der Waals surface area contributed by atoms with E-state index in [0.29, 0.717) is 12.1 Å². The zero-order valence-electron chi connectivity index (χ0n) is 15.7. The van der Waals surface area contributed by atoms with Crippen molar-refractivity contribution in [2.24, 2.45) is 11.8 Å². The third-order valence-electron chi connectivity index (χ3n) is 4.38. The summed E-state index contributed by atoms with van der Waals surface area (Å²) < 4.78 is 13.1. The average Bonchev–Trinajstić information content (AvgIpc) is 3.01. The van der Waals surface area contributed by atoms with E-state index in [0.717, 1.165) is 0 Å². The molecule has 0 aliphatic carbocycles. The van der Waals surface area contributed by atoms with Crippen LogP contribution >= 0.6 is 0 Å². The first kappa shape index (κ1) is 21.3. The Bertz CT molecular complexity index is 750. The fraction of sp³-hybridized carbons (Fsp3) is 0.474. The minimum absolute atomic E-state index is 0.0295. The van der Waals surface area contributed by atoms with Crippen LogP contribution in [0.3, 0.4) is 0 Å². The summed E-state index contributed by atoms with van der Waals surface area (Å²) in [5.41, 5.74) is 0.493. The van der Waals surface area contributed by atoms with E-state index in [9.17, 15) is 28.7 Å². The third kappa shape index (κ3) is 5.77. The van der Waals surface area contributed by atoms with Crippen molar-refractivity contribution in [3.8, 4) is 0 Å². The summed E-state index contributed by atoms with van der Waals surface area (Å²) in [7, 11) is 0. The number of nitrogens with one attached hydrogen (secondary N) is 2. The molecule has 1 aliphatic heterocycles. The Balaban J connectivity index is 2.02. The highest BCUT2D eigenvalue weighted by molar-refractivity contribution is 6.01. The Morgan fingerprint density at radius 3 is 2.46 bits per heavy atom. The number of carboxylic acids is 1. The van der Waals surface area contributed by atoms with Crippen LogP contribution in [0.2, 0.25) is 0 Å². The van der Waals surface area contributed by atoms with Gasteiger partial charge in [0.25, 0.3) is 0 Å². The molecule has 1 aromatic carbocycles. The van der Waals surface area contributed by atoms with E-state index in [1.54, 1.807) is 0 Å². The molecule has 0 bridgehead atoms. The van der Waals surface area contributed by atoms with Gasteiger partial charge in [-0.25, -0.2) is 4.39 Å². The van der Waals surface area contributed by atoms with Gasteiger partial charge in [0.1, 0.15) is 11.9 Å². The highest BCUT2D eigenvalue weighted by Gasteiger charge is 2.36. The first-order valence-corrected chi connectivity index (χ1v) is 9.01. The lowest BCUT2D eigenvalue weighted by molar-refractivity contribution is -0.304. The average molecular weight is 392 g/mol. The molecule has 1 aliphatic rings. The zero-order valence-corrected chi connectivity index (χ0v) is 15.7. The zero-order chi connectivity index (χ0) is 20.8. The Labute approximate surface area is 162 Å². The molecule has 152 valence electrons. The molecule has 1 aromatic rings. The number of rotatable bonds is 8. The predicted octanol–water partition coefficient (Wildman–Crippen LogP) is -0.424. The molecule has 2 N–H and O–H groups in total. The Morgan fingerprint density at radius 2 is 1.89 bits per heavy atom. The standard InChI is InChI=1S/C19H24FN3O5/c1-11(2)7-15(19(28)21-9-17(25)26)22-18(27)12-8-16(24)23(10-12)14-5-3-13(20)4-6-14/h3-6,11-12,15H,7-10H2,1-2H3,(H,21,28)(H,22,27)(H,25,26)/p-1/t12-,15-/m0/s1. The highest BCUT2D eigenvalue weighted by Crippen LogP contribution is 2.25. The lowest BCUT2D eigenvalue weighted by Gasteiger charge is -2.22. The number of amides is 3. The molecule has 0 radical (unpaired) electrons. The number of benzene rings is 1. The number of hydrogen-bond donors (Lipinski definition) is 2. The molecular formula is C19H23FN3O5-. The van der Waals surface area contributed by atoms with Crippen LogP contribution in [0.4, 0.5) is 10.1 Å². The van der Waals surface area contributed by atoms with Gasteiger partial charge >= 0.3 is 0 Å². The van der Waals surface area contributed by atoms with E-state index in [1.165, 1.54) is 29.2 Å². The predicted molar refractivity (Wildman–Crippen MR) is 96.3 cm³/mol. The summed E-state index contributed by atoms with van der Waals surface area (Å²) in [4.78, 5) is 49.0. The van der Waals surface area contributed by atoms with Crippen LogP contribution in [-0.2, 0) is 19.2 Å². The molecule has 3 amide bonds. The van der Waals surface area contributed by atoms with E-state index >= 15 is 0 Å². The van der Waals surface area contributed by atoms with Crippen molar-refractivity contribution in [1.29, 1.82) is 0 Å². The van der Waals surface area contributed by atoms with Gasteiger partial charge in [-0.2, -0.15) is 0 Å². The van der Waals surface area contributed by atoms with Gasteiger partial charge < -0.3 is 25.4 Å². The van der Waals surface area contributed by atoms with Crippen LogP contribution < -0.4 is 20.6 Å². The molecule has 2 atom stereocenters. The summed E-state index contributed by atoms with van der Waals surface area (Å²) in [6.45, 7) is 3.19. The highest BCUT2D eigenvalue weighted by atomic mass is 19.1. The Kier molecular flexibility index (Phi) is 7.08. The number of carboxylic acid groups (broad SMARTS) is 1. The minimum atomic E-state index is -1.43. The van der Waals surface area contributed by atoms with Crippen molar-refractivity contribution in [2.45, 2.75) is 32.7 Å². The van der Waals surface area contributed by atoms with Crippen molar-refractivity contribution < 1.29 is 28.7 Å². The Morgan fingerprint density at radius 1 is 1.25 bits per heavy atom. The molecule has 0 saturated carbocycles. The maximum atomic E-state index is 13.1. The maximum absolute atomic E-state index is 13.1. The topological polar surface area (TPSA) is 119 Å². The van der Waals surface area contributed by atoms with Crippen LogP contribution in [-0.4, -0.2) is 42.8 Å². The summed E-state index contributed by atoms with van der Waals surface area (Å²) in [6, 6.07) is 4.47. The van der Waals surface area contributed by atoms with Gasteiger partial charge in [-0.1, -0.05) is 13.8 Å². The van der Waals surface area contributed by atoms with Crippen LogP contribution in [0.15, 0.2) is 24.3 Å². The molecule has 0 unspecified atom stereocenters. The maximum Gasteiger partial charge on any atom is 0.242 e. The van der Waals surface area contributed by atoms with Crippen LogP contribution in [0.25, 0.3) is 0 Å². The van der Waals surface area contributed by atoms with Crippen molar-refractivity contribution in [3.63, 3.8) is 0 Å². The smallest absolute Gasteiger partial charge is 0.242 e. The second kappa shape index (κ2) is 9.29. The molecule has 2 rings (SSSR count). The fourth-order valence-electron chi connectivity index (χ4n) is 3.03. The normalized spacial score (nSPS) is 17.5. The monoisotopic (exact) mass is 392 g/mol. The molecule has 8 nitrogen and oxygen atoms in total. The second-order valence-electron chi connectivity index (χ2n) is 7.16. The van der Waals surface area contributed by atoms with Gasteiger partial charge in [-0.3, -0.25) is 14.4 Å². The van der Waals surface area contributed by atoms with Crippen LogP contribution in [0, 0.1) is 17.7 Å². The first-order valence-electron chi connectivity index (χ1n) is 9.01. The molecule has 0 spiro atoms. The van der Waals surface area contributed by atoms with E-state index in [2.05, 4.69) is 10.6 Å². The second-order valence-corrected chi connectivity index (χ2v) is 7.16. The van der Waals surface area contributed by atoms with Gasteiger partial charge in [0, 0.05) is 18.7 Å². The van der Waals surface area contributed by atoms with Gasteiger partial charge in [0.2, 0.25) is 17.7 Å². The quantitative estimate of drug-likeness (QED) is 0.623. The molecule has 0 aromatic heterocycles. The van der Waals surface area contributed by atoms with E-state index in [4.69, 9.17) is 0 Å². The van der Waals surface area contributed by atoms with Gasteiger partial charge in [0.05, 0.1) is 18.4 Å². The summed E-state index contributed by atoms with van der Waals surface area (Å²) in [5, 5.41) is 15.3. The van der Waals surface area contributed by atoms with Crippen LogP contribution in [0.1, 0.15) is 26.7 Å². The molecule has 1 fully saturated rings. The lowest BCUT2D eigenvalue weighted by atomic mass is 10.0. The van der Waals surface area contributed by atoms with Crippen molar-refractivity contribution in [3.05, 3.63) is 30.1 Å². The molecule has 28 heavy (non-hydrogen) atoms. The summed E-state index contributed by atoms with van der Waals surface area (Å²) in [5.74, 6) is -3.81. The van der Waals surface area contributed by atoms with Crippen molar-refractivity contribution >= 4 is 29.4 Å². The van der Waals surface area contributed by atoms with E-state index in [1.807, 2.05) is 13.8 Å². The number of nitrogens with zero attached hydrogens (tertiary/aromatic N) is 1. The number of halogens is 1. The van der Waals surface area contributed by atoms with Gasteiger partial charge in [0.15, 0.2) is 0 Å². The number of carbonyl (C=O) groups excluding carboxylic acids is 4. The Hall–Kier alpha value is -2.97. The molecular weight excluding hydrogens is 369 g/mol. The van der Waals surface area contributed by atoms with Crippen molar-refractivity contribution in [1.82, 2.24) is 10.6 Å². The van der Waals surface area contributed by atoms with E-state index < -0.39 is 42.1 Å². The molecule has 1 heterocycles. The summed E-state index contributed by atoms with van der Waals surface area (Å²) in [6.07, 6.45) is 0.283. The van der Waals surface area contributed by atoms with Gasteiger partial charge in [-0.05, 0) is 36.6 Å². The molecule has 9 heteroatoms.